The molecule has 0 aromatic heterocycles. The molecule has 0 spiro atoms. The third-order valence-corrected chi connectivity index (χ3v) is 12.2. The van der Waals surface area contributed by atoms with Gasteiger partial charge in [0.1, 0.15) is 4.50 Å². The molecule has 10 heteroatoms. The van der Waals surface area contributed by atoms with Crippen molar-refractivity contribution in [1.82, 2.24) is 0 Å². The first-order valence-corrected chi connectivity index (χ1v) is 12.2. The molecule has 6 nitrogen and oxygen atoms in total. The van der Waals surface area contributed by atoms with Crippen LogP contribution in [0.1, 0.15) is 43.0 Å². The largest absolute Gasteiger partial charge is 1.00 e. The van der Waals surface area contributed by atoms with E-state index < -0.39 is 22.1 Å². The van der Waals surface area contributed by atoms with E-state index in [0.717, 1.165) is 0 Å². The quantitative estimate of drug-likeness (QED) is 0.326. The summed E-state index contributed by atoms with van der Waals surface area (Å²) in [6.45, 7) is 14.3. The number of hydrogen-bond acceptors (Lipinski definition) is 7. The zero-order valence-electron chi connectivity index (χ0n) is 16.7. The molecule has 0 atom stereocenters. The summed E-state index contributed by atoms with van der Waals surface area (Å²) < 4.78 is 35.1. The van der Waals surface area contributed by atoms with Crippen LogP contribution in [0.4, 0.5) is 0 Å². The first kappa shape index (κ1) is 26.4. The Morgan fingerprint density at radius 3 is 0.913 bits per heavy atom. The minimum atomic E-state index is -3.10. The summed E-state index contributed by atoms with van der Waals surface area (Å²) in [7, 11) is -6.19. The maximum atomic E-state index is 5.93. The maximum Gasteiger partial charge on any atom is 1.00 e. The molecule has 0 aliphatic rings. The van der Waals surface area contributed by atoms with Crippen molar-refractivity contribution in [3.05, 3.63) is 0 Å². The average molecular weight is 381 g/mol. The van der Waals surface area contributed by atoms with Crippen molar-refractivity contribution in [1.29, 1.82) is 0 Å². The van der Waals surface area contributed by atoms with Gasteiger partial charge in [0.05, 0.1) is 0 Å². The first-order valence-electron chi connectivity index (χ1n) is 8.03. The number of rotatable bonds is 14. The van der Waals surface area contributed by atoms with Crippen LogP contribution in [0, 0.1) is 0 Å². The first-order chi connectivity index (χ1) is 10.5. The molecule has 0 amide bonds. The van der Waals surface area contributed by atoms with E-state index in [9.17, 15) is 0 Å². The van der Waals surface area contributed by atoms with Crippen molar-refractivity contribution < 1.29 is 46.8 Å². The molecule has 0 bridgehead atoms. The topological polar surface area (TPSA) is 55.4 Å². The van der Waals surface area contributed by atoms with E-state index in [1.807, 2.05) is 41.5 Å². The second-order valence-corrected chi connectivity index (χ2v) is 11.6. The molecule has 0 rings (SSSR count). The van der Waals surface area contributed by atoms with Crippen molar-refractivity contribution in [2.45, 2.75) is 46.0 Å². The van der Waals surface area contributed by atoms with E-state index in [1.54, 1.807) is 0 Å². The van der Waals surface area contributed by atoms with E-state index in [0.29, 0.717) is 39.6 Å². The molecule has 0 radical (unpaired) electrons. The van der Waals surface area contributed by atoms with E-state index >= 15 is 0 Å². The Labute approximate surface area is 162 Å². The third kappa shape index (κ3) is 7.50. The molecule has 0 aromatic rings. The molecule has 0 saturated carbocycles. The minimum Gasteiger partial charge on any atom is -1.00 e. The van der Waals surface area contributed by atoms with Gasteiger partial charge in [0.2, 0.25) is 0 Å². The summed E-state index contributed by atoms with van der Waals surface area (Å²) in [5.74, 6) is 0. The van der Waals surface area contributed by atoms with Gasteiger partial charge in [0.15, 0.2) is 0 Å². The smallest absolute Gasteiger partial charge is 1.00 e. The van der Waals surface area contributed by atoms with Crippen molar-refractivity contribution in [3.8, 4) is 0 Å². The molecule has 23 heavy (non-hydrogen) atoms. The van der Waals surface area contributed by atoms with Gasteiger partial charge in [-0.1, -0.05) is 0 Å². The Morgan fingerprint density at radius 2 is 0.783 bits per heavy atom. The van der Waals surface area contributed by atoms with Crippen LogP contribution in [0.3, 0.4) is 0 Å². The molecule has 0 aromatic carbocycles. The summed E-state index contributed by atoms with van der Waals surface area (Å²) in [6, 6.07) is 0. The van der Waals surface area contributed by atoms with Crippen LogP contribution in [0.5, 0.6) is 0 Å². The molecule has 0 N–H and O–H groups in total. The van der Waals surface area contributed by atoms with Crippen molar-refractivity contribution in [2.24, 2.45) is 0 Å². The Bertz CT molecular complexity index is 237. The second-order valence-electron chi connectivity index (χ2n) is 4.21. The standard InChI is InChI=1S/C13H32O6SSi2.Li.H/c1-7-14-21(15-8-2,16-9-3)13(20)22(17-10-4,18-11-5)19-12-6;;/h13,20H,7-12H2,1-6H3;;/q;+1;-1. The molecule has 136 valence electrons. The van der Waals surface area contributed by atoms with Crippen LogP contribution in [0.25, 0.3) is 0 Å². The number of thiol groups is 1. The van der Waals surface area contributed by atoms with E-state index in [4.69, 9.17) is 39.2 Å². The monoisotopic (exact) mass is 380 g/mol. The van der Waals surface area contributed by atoms with Gasteiger partial charge in [-0.25, -0.2) is 0 Å². The van der Waals surface area contributed by atoms with Crippen LogP contribution in [0.2, 0.25) is 0 Å². The van der Waals surface area contributed by atoms with Crippen LogP contribution < -0.4 is 18.9 Å². The second kappa shape index (κ2) is 14.3. The van der Waals surface area contributed by atoms with Gasteiger partial charge in [-0.15, -0.1) is 0 Å². The summed E-state index contributed by atoms with van der Waals surface area (Å²) in [5, 5.41) is 0. The predicted octanol–water partition coefficient (Wildman–Crippen LogP) is -0.423. The van der Waals surface area contributed by atoms with Gasteiger partial charge in [-0.2, -0.15) is 12.6 Å². The van der Waals surface area contributed by atoms with Gasteiger partial charge in [-0.05, 0) is 41.5 Å². The SMILES string of the molecule is CCO[Si](OCC)(OCC)C(S)[Si](OCC)(OCC)OCC.[H-].[Li+]. The molecule has 0 fully saturated rings. The van der Waals surface area contributed by atoms with Crippen LogP contribution >= 0.6 is 12.6 Å². The van der Waals surface area contributed by atoms with E-state index in [2.05, 4.69) is 0 Å². The molecule has 0 heterocycles. The molecule has 0 saturated heterocycles. The normalized spacial score (nSPS) is 12.5. The molecular formula is C13H33LiO6SSi2. The molecule has 0 aliphatic heterocycles. The summed E-state index contributed by atoms with van der Waals surface area (Å²) in [5.41, 5.74) is 0. The van der Waals surface area contributed by atoms with E-state index in [-0.39, 0.29) is 20.3 Å². The van der Waals surface area contributed by atoms with Crippen LogP contribution in [-0.2, 0) is 26.6 Å². The summed E-state index contributed by atoms with van der Waals surface area (Å²) in [6.07, 6.45) is 0. The fourth-order valence-corrected chi connectivity index (χ4v) is 10.6. The Balaban J connectivity index is -0.00000220. The zero-order chi connectivity index (χ0) is 17.1. The van der Waals surface area contributed by atoms with Gasteiger partial charge in [-0.3, -0.25) is 0 Å². The minimum absolute atomic E-state index is 0. The Hall–Kier alpha value is 1.14. The fraction of sp³-hybridized carbons (Fsp3) is 1.00. The van der Waals surface area contributed by atoms with Gasteiger partial charge < -0.3 is 28.0 Å². The van der Waals surface area contributed by atoms with Gasteiger partial charge in [0.25, 0.3) is 0 Å². The number of hydrogen-bond donors (Lipinski definition) is 1. The Kier molecular flexibility index (Phi) is 16.4. The summed E-state index contributed by atoms with van der Waals surface area (Å²) in [4.78, 5) is 0. The summed E-state index contributed by atoms with van der Waals surface area (Å²) >= 11 is 4.77. The maximum absolute atomic E-state index is 5.93. The van der Waals surface area contributed by atoms with Crippen molar-refractivity contribution >= 4 is 30.2 Å². The fourth-order valence-electron chi connectivity index (χ4n) is 2.15. The zero-order valence-corrected chi connectivity index (χ0v) is 18.6. The predicted molar refractivity (Wildman–Crippen MR) is 95.2 cm³/mol. The van der Waals surface area contributed by atoms with Gasteiger partial charge in [0, 0.05) is 39.6 Å². The Morgan fingerprint density at radius 1 is 0.609 bits per heavy atom. The molecule has 0 aliphatic carbocycles. The van der Waals surface area contributed by atoms with Crippen molar-refractivity contribution in [2.75, 3.05) is 39.6 Å². The molecule has 0 unspecified atom stereocenters. The van der Waals surface area contributed by atoms with Crippen LogP contribution in [0.15, 0.2) is 0 Å². The van der Waals surface area contributed by atoms with E-state index in [1.165, 1.54) is 0 Å². The molecular weight excluding hydrogens is 347 g/mol. The van der Waals surface area contributed by atoms with Crippen LogP contribution in [-0.4, -0.2) is 61.7 Å². The average Bonchev–Trinajstić information content (AvgIpc) is 2.48. The van der Waals surface area contributed by atoms with Gasteiger partial charge >= 0.3 is 36.5 Å². The van der Waals surface area contributed by atoms with Crippen molar-refractivity contribution in [3.63, 3.8) is 0 Å². The third-order valence-electron chi connectivity index (χ3n) is 2.74.